The van der Waals surface area contributed by atoms with E-state index in [1.54, 1.807) is 17.4 Å². The number of rotatable bonds is 5. The molecule has 5 rings (SSSR count). The van der Waals surface area contributed by atoms with Gasteiger partial charge in [-0.15, -0.1) is 0 Å². The Morgan fingerprint density at radius 3 is 2.55 bits per heavy atom. The van der Waals surface area contributed by atoms with Gasteiger partial charge in [0, 0.05) is 11.9 Å². The summed E-state index contributed by atoms with van der Waals surface area (Å²) in [6.07, 6.45) is 2.59. The van der Waals surface area contributed by atoms with Gasteiger partial charge in [0.1, 0.15) is 6.61 Å². The summed E-state index contributed by atoms with van der Waals surface area (Å²) >= 11 is 0. The van der Waals surface area contributed by atoms with Gasteiger partial charge in [0.15, 0.2) is 11.5 Å². The van der Waals surface area contributed by atoms with Crippen molar-refractivity contribution in [2.45, 2.75) is 12.6 Å². The molecule has 0 saturated heterocycles. The lowest BCUT2D eigenvalue weighted by Gasteiger charge is -2.30. The molecular weight excluding hydrogens is 390 g/mol. The van der Waals surface area contributed by atoms with E-state index in [9.17, 15) is 4.79 Å². The first-order chi connectivity index (χ1) is 15.3. The van der Waals surface area contributed by atoms with E-state index in [2.05, 4.69) is 22.1 Å². The summed E-state index contributed by atoms with van der Waals surface area (Å²) < 4.78 is 11.8. The van der Waals surface area contributed by atoms with Gasteiger partial charge in [-0.1, -0.05) is 54.6 Å². The van der Waals surface area contributed by atoms with E-state index in [1.807, 2.05) is 66.7 Å². The summed E-state index contributed by atoms with van der Waals surface area (Å²) in [5.74, 6) is 1.05. The molecule has 31 heavy (non-hydrogen) atoms. The molecule has 0 saturated carbocycles. The zero-order valence-corrected chi connectivity index (χ0v) is 16.8. The molecule has 2 heterocycles. The molecule has 4 aromatic rings. The van der Waals surface area contributed by atoms with Gasteiger partial charge in [-0.3, -0.25) is 4.79 Å². The predicted molar refractivity (Wildman–Crippen MR) is 118 cm³/mol. The van der Waals surface area contributed by atoms with Crippen LogP contribution in [0.3, 0.4) is 0 Å². The Hall–Kier alpha value is -4.06. The standard InChI is InChI=1S/C25H21N3O3/c29-25(24-16-30-22-11-4-5-12-23(22)31-24)28(15-20-14-26-17-27-20)21-10-6-9-19(13-21)18-7-2-1-3-8-18/h1-14,17,24H,15-16H2,(H,26,27)/t24-/m0/s1. The number of nitrogens with one attached hydrogen (secondary N) is 1. The van der Waals surface area contributed by atoms with Gasteiger partial charge in [-0.25, -0.2) is 4.98 Å². The third-order valence-electron chi connectivity index (χ3n) is 5.20. The quantitative estimate of drug-likeness (QED) is 0.527. The summed E-state index contributed by atoms with van der Waals surface area (Å²) in [5, 5.41) is 0. The number of carbonyl (C=O) groups is 1. The maximum atomic E-state index is 13.6. The second kappa shape index (κ2) is 8.36. The normalized spacial score (nSPS) is 14.8. The third kappa shape index (κ3) is 4.00. The zero-order valence-electron chi connectivity index (χ0n) is 16.8. The van der Waals surface area contributed by atoms with Crippen LogP contribution in [0, 0.1) is 0 Å². The number of anilines is 1. The van der Waals surface area contributed by atoms with Gasteiger partial charge in [-0.05, 0) is 35.4 Å². The van der Waals surface area contributed by atoms with Crippen LogP contribution in [0.25, 0.3) is 11.1 Å². The number of nitrogens with zero attached hydrogens (tertiary/aromatic N) is 2. The number of benzene rings is 3. The monoisotopic (exact) mass is 411 g/mol. The number of aromatic nitrogens is 2. The smallest absolute Gasteiger partial charge is 0.272 e. The number of aromatic amines is 1. The van der Waals surface area contributed by atoms with Crippen molar-refractivity contribution >= 4 is 11.6 Å². The van der Waals surface area contributed by atoms with Crippen molar-refractivity contribution < 1.29 is 14.3 Å². The van der Waals surface area contributed by atoms with Crippen molar-refractivity contribution in [3.05, 3.63) is 97.1 Å². The highest BCUT2D eigenvalue weighted by Crippen LogP contribution is 2.32. The Morgan fingerprint density at radius 1 is 0.968 bits per heavy atom. The first kappa shape index (κ1) is 18.9. The molecule has 6 heteroatoms. The summed E-state index contributed by atoms with van der Waals surface area (Å²) in [6.45, 7) is 0.506. The van der Waals surface area contributed by atoms with Crippen LogP contribution >= 0.6 is 0 Å². The largest absolute Gasteiger partial charge is 0.485 e. The number of para-hydroxylation sites is 2. The van der Waals surface area contributed by atoms with Crippen LogP contribution in [0.2, 0.25) is 0 Å². The van der Waals surface area contributed by atoms with Crippen molar-refractivity contribution in [1.82, 2.24) is 9.97 Å². The fraction of sp³-hybridized carbons (Fsp3) is 0.120. The highest BCUT2D eigenvalue weighted by atomic mass is 16.6. The van der Waals surface area contributed by atoms with Crippen molar-refractivity contribution in [3.8, 4) is 22.6 Å². The molecule has 0 aliphatic carbocycles. The molecule has 1 atom stereocenters. The van der Waals surface area contributed by atoms with Crippen molar-refractivity contribution in [2.75, 3.05) is 11.5 Å². The minimum absolute atomic E-state index is 0.160. The van der Waals surface area contributed by atoms with Gasteiger partial charge in [-0.2, -0.15) is 0 Å². The molecule has 154 valence electrons. The summed E-state index contributed by atoms with van der Waals surface area (Å²) in [7, 11) is 0. The molecule has 0 unspecified atom stereocenters. The number of H-pyrrole nitrogens is 1. The molecule has 1 aliphatic heterocycles. The number of ether oxygens (including phenoxy) is 2. The van der Waals surface area contributed by atoms with Gasteiger partial charge < -0.3 is 19.4 Å². The summed E-state index contributed by atoms with van der Waals surface area (Å²) in [6, 6.07) is 25.4. The van der Waals surface area contributed by atoms with E-state index < -0.39 is 6.10 Å². The number of fused-ring (bicyclic) bond motifs is 1. The Labute approximate surface area is 180 Å². The number of imidazole rings is 1. The second-order valence-electron chi connectivity index (χ2n) is 7.28. The first-order valence-electron chi connectivity index (χ1n) is 10.1. The number of carbonyl (C=O) groups excluding carboxylic acids is 1. The van der Waals surface area contributed by atoms with E-state index in [-0.39, 0.29) is 12.5 Å². The van der Waals surface area contributed by atoms with Crippen LogP contribution < -0.4 is 14.4 Å². The van der Waals surface area contributed by atoms with Crippen LogP contribution in [-0.2, 0) is 11.3 Å². The molecule has 1 aromatic heterocycles. The van der Waals surface area contributed by atoms with Crippen LogP contribution in [0.4, 0.5) is 5.69 Å². The Morgan fingerprint density at radius 2 is 1.74 bits per heavy atom. The molecular formula is C25H21N3O3. The highest BCUT2D eigenvalue weighted by molar-refractivity contribution is 5.97. The van der Waals surface area contributed by atoms with Gasteiger partial charge in [0.2, 0.25) is 6.10 Å². The molecule has 0 fully saturated rings. The fourth-order valence-electron chi connectivity index (χ4n) is 3.64. The molecule has 3 aromatic carbocycles. The Bertz CT molecular complexity index is 1180. The van der Waals surface area contributed by atoms with Crippen molar-refractivity contribution in [1.29, 1.82) is 0 Å². The van der Waals surface area contributed by atoms with E-state index in [4.69, 9.17) is 9.47 Å². The average Bonchev–Trinajstić information content (AvgIpc) is 3.36. The second-order valence-corrected chi connectivity index (χ2v) is 7.28. The van der Waals surface area contributed by atoms with Crippen LogP contribution in [0.1, 0.15) is 5.69 Å². The molecule has 1 N–H and O–H groups in total. The number of hydrogen-bond acceptors (Lipinski definition) is 4. The molecule has 0 spiro atoms. The van der Waals surface area contributed by atoms with E-state index in [1.165, 1.54) is 0 Å². The molecule has 1 amide bonds. The average molecular weight is 411 g/mol. The van der Waals surface area contributed by atoms with E-state index >= 15 is 0 Å². The maximum Gasteiger partial charge on any atom is 0.272 e. The fourth-order valence-corrected chi connectivity index (χ4v) is 3.64. The Kier molecular flexibility index (Phi) is 5.10. The van der Waals surface area contributed by atoms with Gasteiger partial charge >= 0.3 is 0 Å². The van der Waals surface area contributed by atoms with Gasteiger partial charge in [0.25, 0.3) is 5.91 Å². The highest BCUT2D eigenvalue weighted by Gasteiger charge is 2.32. The van der Waals surface area contributed by atoms with Crippen LogP contribution in [0.5, 0.6) is 11.5 Å². The minimum atomic E-state index is -0.738. The number of hydrogen-bond donors (Lipinski definition) is 1. The first-order valence-corrected chi connectivity index (χ1v) is 10.1. The molecule has 6 nitrogen and oxygen atoms in total. The number of amides is 1. The SMILES string of the molecule is O=C([C@@H]1COc2ccccc2O1)N(Cc1cnc[nH]1)c1cccc(-c2ccccc2)c1. The van der Waals surface area contributed by atoms with Crippen LogP contribution in [0.15, 0.2) is 91.4 Å². The molecule has 1 aliphatic rings. The van der Waals surface area contributed by atoms with E-state index in [0.29, 0.717) is 18.0 Å². The lowest BCUT2D eigenvalue weighted by Crippen LogP contribution is -2.46. The van der Waals surface area contributed by atoms with E-state index in [0.717, 1.165) is 22.5 Å². The minimum Gasteiger partial charge on any atom is -0.485 e. The zero-order chi connectivity index (χ0) is 21.0. The summed E-state index contributed by atoms with van der Waals surface area (Å²) in [4.78, 5) is 22.4. The van der Waals surface area contributed by atoms with Crippen LogP contribution in [-0.4, -0.2) is 28.6 Å². The predicted octanol–water partition coefficient (Wildman–Crippen LogP) is 4.45. The van der Waals surface area contributed by atoms with Crippen molar-refractivity contribution in [2.24, 2.45) is 0 Å². The topological polar surface area (TPSA) is 67.5 Å². The lowest BCUT2D eigenvalue weighted by atomic mass is 10.0. The Balaban J connectivity index is 1.47. The summed E-state index contributed by atoms with van der Waals surface area (Å²) in [5.41, 5.74) is 3.73. The lowest BCUT2D eigenvalue weighted by molar-refractivity contribution is -0.127. The van der Waals surface area contributed by atoms with Crippen molar-refractivity contribution in [3.63, 3.8) is 0 Å². The molecule has 0 bridgehead atoms. The maximum absolute atomic E-state index is 13.6. The third-order valence-corrected chi connectivity index (χ3v) is 5.20. The van der Waals surface area contributed by atoms with Gasteiger partial charge in [0.05, 0.1) is 18.6 Å². The molecule has 0 radical (unpaired) electrons.